The van der Waals surface area contributed by atoms with Crippen molar-refractivity contribution in [3.63, 3.8) is 0 Å². The quantitative estimate of drug-likeness (QED) is 0.772. The first-order valence-corrected chi connectivity index (χ1v) is 9.17. The summed E-state index contributed by atoms with van der Waals surface area (Å²) in [5.74, 6) is 2.82. The molecule has 1 aromatic rings. The predicted octanol–water partition coefficient (Wildman–Crippen LogP) is 2.91. The Morgan fingerprint density at radius 2 is 1.71 bits per heavy atom. The van der Waals surface area contributed by atoms with Gasteiger partial charge in [0.25, 0.3) is 0 Å². The zero-order valence-electron chi connectivity index (χ0n) is 14.0. The van der Waals surface area contributed by atoms with Crippen molar-refractivity contribution >= 4 is 22.4 Å². The lowest BCUT2D eigenvalue weighted by Gasteiger charge is -2.17. The third kappa shape index (κ3) is 5.26. The van der Waals surface area contributed by atoms with Gasteiger partial charge >= 0.3 is 0 Å². The summed E-state index contributed by atoms with van der Waals surface area (Å²) in [4.78, 5) is 9.22. The molecule has 0 bridgehead atoms. The molecule has 0 saturated heterocycles. The number of anilines is 2. The average molecular weight is 312 g/mol. The van der Waals surface area contributed by atoms with Gasteiger partial charge in [-0.15, -0.1) is 0 Å². The van der Waals surface area contributed by atoms with E-state index < -0.39 is 10.8 Å². The molecule has 21 heavy (non-hydrogen) atoms. The lowest BCUT2D eigenvalue weighted by atomic mass is 10.2. The van der Waals surface area contributed by atoms with Gasteiger partial charge in [-0.2, -0.15) is 0 Å². The maximum atomic E-state index is 11.5. The second kappa shape index (κ2) is 8.32. The van der Waals surface area contributed by atoms with E-state index in [1.165, 1.54) is 0 Å². The number of aromatic nitrogens is 2. The Morgan fingerprint density at radius 1 is 1.14 bits per heavy atom. The number of hydrogen-bond acceptors (Lipinski definition) is 5. The second-order valence-electron chi connectivity index (χ2n) is 5.68. The van der Waals surface area contributed by atoms with E-state index in [1.807, 2.05) is 13.8 Å². The van der Waals surface area contributed by atoms with Crippen LogP contribution in [0.2, 0.25) is 0 Å². The average Bonchev–Trinajstić information content (AvgIpc) is 2.44. The molecule has 2 N–H and O–H groups in total. The van der Waals surface area contributed by atoms with Gasteiger partial charge in [0.1, 0.15) is 17.5 Å². The normalized spacial score (nSPS) is 14.0. The summed E-state index contributed by atoms with van der Waals surface area (Å²) in [5, 5.41) is 6.77. The van der Waals surface area contributed by atoms with Crippen LogP contribution in [-0.2, 0) is 10.8 Å². The third-order valence-electron chi connectivity index (χ3n) is 3.35. The molecule has 5 nitrogen and oxygen atoms in total. The second-order valence-corrected chi connectivity index (χ2v) is 7.48. The highest BCUT2D eigenvalue weighted by Gasteiger charge is 2.14. The van der Waals surface area contributed by atoms with Crippen molar-refractivity contribution in [1.82, 2.24) is 9.97 Å². The number of rotatable bonds is 8. The van der Waals surface area contributed by atoms with Crippen molar-refractivity contribution in [3.05, 3.63) is 11.4 Å². The predicted molar refractivity (Wildman–Crippen MR) is 91.7 cm³/mol. The summed E-state index contributed by atoms with van der Waals surface area (Å²) >= 11 is 0. The summed E-state index contributed by atoms with van der Waals surface area (Å²) in [7, 11) is -0.836. The van der Waals surface area contributed by atoms with E-state index >= 15 is 0 Å². The molecule has 0 amide bonds. The summed E-state index contributed by atoms with van der Waals surface area (Å²) in [6.07, 6.45) is 2.78. The van der Waals surface area contributed by atoms with Crippen LogP contribution >= 0.6 is 0 Å². The van der Waals surface area contributed by atoms with E-state index in [1.54, 1.807) is 6.26 Å². The standard InChI is InChI=1S/C15H28N4OS/c1-7-8-16-14-12(5)15(17-9-11(4)21(6)20)19-13(18-14)10(2)3/h10-11H,7-9H2,1-6H3,(H2,16,17,18,19). The van der Waals surface area contributed by atoms with Crippen molar-refractivity contribution in [3.8, 4) is 0 Å². The van der Waals surface area contributed by atoms with Crippen LogP contribution in [0.5, 0.6) is 0 Å². The number of hydrogen-bond donors (Lipinski definition) is 2. The molecule has 0 spiro atoms. The summed E-state index contributed by atoms with van der Waals surface area (Å²) in [6.45, 7) is 11.8. The lowest BCUT2D eigenvalue weighted by Crippen LogP contribution is -2.22. The van der Waals surface area contributed by atoms with E-state index in [4.69, 9.17) is 0 Å². The van der Waals surface area contributed by atoms with Crippen molar-refractivity contribution in [2.45, 2.75) is 52.2 Å². The summed E-state index contributed by atoms with van der Waals surface area (Å²) in [6, 6.07) is 0. The fourth-order valence-electron chi connectivity index (χ4n) is 1.74. The van der Waals surface area contributed by atoms with Gasteiger partial charge in [0.2, 0.25) is 0 Å². The Labute approximate surface area is 130 Å². The van der Waals surface area contributed by atoms with Crippen molar-refractivity contribution in [2.24, 2.45) is 0 Å². The number of nitrogens with one attached hydrogen (secondary N) is 2. The van der Waals surface area contributed by atoms with E-state index in [0.717, 1.165) is 36.0 Å². The van der Waals surface area contributed by atoms with Gasteiger partial charge in [-0.25, -0.2) is 9.97 Å². The highest BCUT2D eigenvalue weighted by molar-refractivity contribution is 7.84. The van der Waals surface area contributed by atoms with E-state index in [0.29, 0.717) is 6.54 Å². The van der Waals surface area contributed by atoms with Crippen LogP contribution in [0.3, 0.4) is 0 Å². The molecule has 0 saturated carbocycles. The minimum absolute atomic E-state index is 0.0916. The molecule has 0 aliphatic heterocycles. The first kappa shape index (κ1) is 17.9. The molecule has 120 valence electrons. The molecule has 1 rings (SSSR count). The van der Waals surface area contributed by atoms with E-state index in [9.17, 15) is 4.21 Å². The Hall–Kier alpha value is -1.17. The third-order valence-corrected chi connectivity index (χ3v) is 4.65. The lowest BCUT2D eigenvalue weighted by molar-refractivity contribution is 0.678. The van der Waals surface area contributed by atoms with Crippen molar-refractivity contribution < 1.29 is 4.21 Å². The first-order chi connectivity index (χ1) is 9.86. The minimum atomic E-state index is -0.836. The molecule has 2 atom stereocenters. The Balaban J connectivity index is 2.99. The van der Waals surface area contributed by atoms with Gasteiger partial charge in [-0.05, 0) is 20.3 Å². The molecular weight excluding hydrogens is 284 g/mol. The smallest absolute Gasteiger partial charge is 0.135 e. The van der Waals surface area contributed by atoms with Gasteiger partial charge in [0.15, 0.2) is 0 Å². The van der Waals surface area contributed by atoms with Crippen LogP contribution in [-0.4, -0.2) is 38.8 Å². The van der Waals surface area contributed by atoms with Crippen LogP contribution in [0.1, 0.15) is 51.4 Å². The first-order valence-electron chi connectivity index (χ1n) is 7.55. The zero-order valence-corrected chi connectivity index (χ0v) is 14.8. The monoisotopic (exact) mass is 312 g/mol. The Kier molecular flexibility index (Phi) is 7.08. The molecule has 0 radical (unpaired) electrons. The molecule has 1 aromatic heterocycles. The highest BCUT2D eigenvalue weighted by atomic mass is 32.2. The van der Waals surface area contributed by atoms with Crippen LogP contribution in [0.15, 0.2) is 0 Å². The van der Waals surface area contributed by atoms with Crippen LogP contribution in [0, 0.1) is 6.92 Å². The maximum absolute atomic E-state index is 11.5. The Bertz CT molecular complexity index is 491. The fraction of sp³-hybridized carbons (Fsp3) is 0.733. The minimum Gasteiger partial charge on any atom is -0.370 e. The summed E-state index contributed by atoms with van der Waals surface area (Å²) < 4.78 is 11.5. The molecule has 1 heterocycles. The van der Waals surface area contributed by atoms with E-state index in [-0.39, 0.29) is 11.2 Å². The maximum Gasteiger partial charge on any atom is 0.135 e. The topological polar surface area (TPSA) is 66.9 Å². The molecule has 6 heteroatoms. The molecular formula is C15H28N4OS. The highest BCUT2D eigenvalue weighted by Crippen LogP contribution is 2.23. The van der Waals surface area contributed by atoms with Crippen LogP contribution in [0.25, 0.3) is 0 Å². The fourth-order valence-corrected chi connectivity index (χ4v) is 2.06. The van der Waals surface area contributed by atoms with Gasteiger partial charge in [-0.1, -0.05) is 20.8 Å². The number of nitrogens with zero attached hydrogens (tertiary/aromatic N) is 2. The zero-order chi connectivity index (χ0) is 16.0. The van der Waals surface area contributed by atoms with Gasteiger partial charge in [0.05, 0.1) is 0 Å². The SMILES string of the molecule is CCCNc1nc(C(C)C)nc(NCC(C)S(C)=O)c1C. The molecule has 0 fully saturated rings. The van der Waals surface area contributed by atoms with Crippen molar-refractivity contribution in [2.75, 3.05) is 30.0 Å². The van der Waals surface area contributed by atoms with Crippen LogP contribution in [0.4, 0.5) is 11.6 Å². The molecule has 0 aliphatic rings. The molecule has 0 aliphatic carbocycles. The molecule has 2 unspecified atom stereocenters. The van der Waals surface area contributed by atoms with Crippen LogP contribution < -0.4 is 10.6 Å². The largest absolute Gasteiger partial charge is 0.370 e. The Morgan fingerprint density at radius 3 is 2.19 bits per heavy atom. The van der Waals surface area contributed by atoms with Gasteiger partial charge in [-0.3, -0.25) is 4.21 Å². The summed E-state index contributed by atoms with van der Waals surface area (Å²) in [5.41, 5.74) is 1.02. The van der Waals surface area contributed by atoms with E-state index in [2.05, 4.69) is 41.4 Å². The van der Waals surface area contributed by atoms with Gasteiger partial charge in [0, 0.05) is 46.9 Å². The van der Waals surface area contributed by atoms with Gasteiger partial charge < -0.3 is 10.6 Å². The van der Waals surface area contributed by atoms with Crippen molar-refractivity contribution in [1.29, 1.82) is 0 Å². The molecule has 0 aromatic carbocycles.